The molecule has 0 unspecified atom stereocenters. The van der Waals surface area contributed by atoms with Crippen LogP contribution in [0.25, 0.3) is 0 Å². The third-order valence-electron chi connectivity index (χ3n) is 9.39. The van der Waals surface area contributed by atoms with E-state index >= 15 is 0 Å². The highest BCUT2D eigenvalue weighted by Crippen LogP contribution is 2.29. The maximum absolute atomic E-state index is 14.2. The number of fused-ring (bicyclic) bond motifs is 1. The molecule has 18 heteroatoms. The lowest BCUT2D eigenvalue weighted by Crippen LogP contribution is -2.50. The number of benzene rings is 2. The van der Waals surface area contributed by atoms with Crippen molar-refractivity contribution in [3.05, 3.63) is 96.7 Å². The van der Waals surface area contributed by atoms with Crippen molar-refractivity contribution in [2.45, 2.75) is 98.1 Å². The molecule has 328 valence electrons. The van der Waals surface area contributed by atoms with Gasteiger partial charge in [-0.05, 0) is 61.9 Å². The Balaban J connectivity index is 1.63. The fraction of sp³-hybridized carbons (Fsp3) is 0.465. The fourth-order valence-corrected chi connectivity index (χ4v) is 7.25. The predicted octanol–water partition coefficient (Wildman–Crippen LogP) is 7.55. The van der Waals surface area contributed by atoms with Crippen molar-refractivity contribution in [2.24, 2.45) is 4.99 Å². The van der Waals surface area contributed by atoms with Crippen LogP contribution in [0.3, 0.4) is 0 Å². The van der Waals surface area contributed by atoms with Crippen LogP contribution in [0.4, 0.5) is 20.1 Å². The van der Waals surface area contributed by atoms with E-state index in [-0.39, 0.29) is 74.5 Å². The van der Waals surface area contributed by atoms with Crippen molar-refractivity contribution in [3.63, 3.8) is 0 Å². The number of rotatable bonds is 19. The zero-order valence-electron chi connectivity index (χ0n) is 35.0. The lowest BCUT2D eigenvalue weighted by Gasteiger charge is -2.31. The first-order valence-electron chi connectivity index (χ1n) is 20.5. The van der Waals surface area contributed by atoms with Gasteiger partial charge in [0, 0.05) is 52.5 Å². The largest absolute Gasteiger partial charge is 0.466 e. The van der Waals surface area contributed by atoms with Crippen molar-refractivity contribution in [1.29, 1.82) is 0 Å². The SMILES string of the molecule is CCCCOC(=O)N=C(c1ccc(C(=O)N[C@@H](Cc2ccc([N+](=O)[O-])cc2)C(=O)N2CCc3sc(CC(=O)OCC)cc3C2)cc1)N(C(=O)OCCCC)C(=O)OCCCC. The minimum absolute atomic E-state index is 0.00788. The van der Waals surface area contributed by atoms with Crippen molar-refractivity contribution in [3.8, 4) is 0 Å². The number of imide groups is 1. The Hall–Kier alpha value is -6.17. The standard InChI is InChI=1S/C43H53N5O12S/c1-5-9-22-58-41(52)45-38(47(42(53)59-23-10-6-2)43(54)60-24-11-7-3)30-14-16-31(17-15-30)39(50)44-35(25-29-12-18-33(19-13-29)48(55)56)40(51)46-21-20-36-32(28-46)26-34(61-36)27-37(49)57-8-4/h12-19,26,35H,5-11,20-25,27-28H2,1-4H3,(H,44,50)/t35-/m0/s1. The zero-order chi connectivity index (χ0) is 44.3. The number of carbonyl (C=O) groups is 6. The molecule has 4 rings (SSSR count). The molecule has 0 fully saturated rings. The summed E-state index contributed by atoms with van der Waals surface area (Å²) in [5.74, 6) is -1.81. The molecule has 1 atom stereocenters. The van der Waals surface area contributed by atoms with E-state index in [1.807, 2.05) is 26.8 Å². The highest BCUT2D eigenvalue weighted by Gasteiger charge is 2.33. The van der Waals surface area contributed by atoms with E-state index in [0.717, 1.165) is 21.7 Å². The number of carbonyl (C=O) groups excluding carboxylic acids is 6. The number of nitrogens with zero attached hydrogens (tertiary/aromatic N) is 4. The van der Waals surface area contributed by atoms with Crippen molar-refractivity contribution >= 4 is 58.9 Å². The van der Waals surface area contributed by atoms with Crippen LogP contribution >= 0.6 is 11.3 Å². The summed E-state index contributed by atoms with van der Waals surface area (Å²) in [6.07, 6.45) is 1.10. The van der Waals surface area contributed by atoms with Gasteiger partial charge < -0.3 is 29.2 Å². The van der Waals surface area contributed by atoms with Crippen LogP contribution < -0.4 is 5.32 Å². The van der Waals surface area contributed by atoms with E-state index in [1.54, 1.807) is 11.8 Å². The molecule has 17 nitrogen and oxygen atoms in total. The van der Waals surface area contributed by atoms with Crippen LogP contribution in [0.5, 0.6) is 0 Å². The summed E-state index contributed by atoms with van der Waals surface area (Å²) < 4.78 is 21.0. The summed E-state index contributed by atoms with van der Waals surface area (Å²) in [5.41, 5.74) is 1.48. The topological polar surface area (TPSA) is 213 Å². The molecule has 0 radical (unpaired) electrons. The molecule has 5 amide bonds. The van der Waals surface area contributed by atoms with Crippen LogP contribution in [0.1, 0.15) is 103 Å². The van der Waals surface area contributed by atoms with Crippen LogP contribution in [-0.2, 0) is 54.3 Å². The number of nitrogens with one attached hydrogen (secondary N) is 1. The van der Waals surface area contributed by atoms with Crippen molar-refractivity contribution < 1.29 is 52.6 Å². The van der Waals surface area contributed by atoms with Gasteiger partial charge >= 0.3 is 24.2 Å². The zero-order valence-corrected chi connectivity index (χ0v) is 35.8. The molecule has 3 aromatic rings. The average Bonchev–Trinajstić information content (AvgIpc) is 3.65. The van der Waals surface area contributed by atoms with Gasteiger partial charge in [0.05, 0.1) is 37.8 Å². The maximum atomic E-state index is 14.2. The highest BCUT2D eigenvalue weighted by molar-refractivity contribution is 7.12. The van der Waals surface area contributed by atoms with E-state index in [2.05, 4.69) is 10.3 Å². The highest BCUT2D eigenvalue weighted by atomic mass is 32.1. The number of aliphatic imine (C=N–C) groups is 1. The number of amidine groups is 1. The first kappa shape index (κ1) is 47.5. The molecule has 0 bridgehead atoms. The molecule has 0 aliphatic carbocycles. The second-order valence-corrected chi connectivity index (χ2v) is 15.3. The van der Waals surface area contributed by atoms with Crippen molar-refractivity contribution in [2.75, 3.05) is 33.0 Å². The van der Waals surface area contributed by atoms with Crippen LogP contribution in [0.2, 0.25) is 0 Å². The van der Waals surface area contributed by atoms with Crippen molar-refractivity contribution in [1.82, 2.24) is 15.1 Å². The Bertz CT molecular complexity index is 2010. The number of non-ortho nitro benzene ring substituents is 1. The average molecular weight is 864 g/mol. The van der Waals surface area contributed by atoms with Gasteiger partial charge in [-0.1, -0.05) is 64.3 Å². The van der Waals surface area contributed by atoms with E-state index in [0.29, 0.717) is 55.5 Å². The smallest absolute Gasteiger partial charge is 0.435 e. The van der Waals surface area contributed by atoms with Gasteiger partial charge in [0.25, 0.3) is 11.6 Å². The Morgan fingerprint density at radius 2 is 1.43 bits per heavy atom. The number of nitro groups is 1. The molecule has 2 heterocycles. The van der Waals surface area contributed by atoms with Gasteiger partial charge in [-0.15, -0.1) is 11.3 Å². The van der Waals surface area contributed by atoms with E-state index in [1.165, 1.54) is 59.9 Å². The summed E-state index contributed by atoms with van der Waals surface area (Å²) in [6, 6.07) is 12.0. The number of esters is 1. The summed E-state index contributed by atoms with van der Waals surface area (Å²) in [7, 11) is 0. The number of amides is 5. The Labute approximate surface area is 358 Å². The molecular weight excluding hydrogens is 811 g/mol. The summed E-state index contributed by atoms with van der Waals surface area (Å²) >= 11 is 1.50. The number of thiophene rings is 1. The maximum Gasteiger partial charge on any atom is 0.435 e. The third-order valence-corrected chi connectivity index (χ3v) is 10.6. The van der Waals surface area contributed by atoms with E-state index < -0.39 is 41.0 Å². The molecule has 1 aliphatic rings. The molecule has 2 aromatic carbocycles. The summed E-state index contributed by atoms with van der Waals surface area (Å²) in [5, 5.41) is 14.1. The van der Waals surface area contributed by atoms with Crippen LogP contribution in [-0.4, -0.2) is 95.6 Å². The normalized spacial score (nSPS) is 12.7. The van der Waals surface area contributed by atoms with E-state index in [4.69, 9.17) is 18.9 Å². The summed E-state index contributed by atoms with van der Waals surface area (Å²) in [4.78, 5) is 98.8. The van der Waals surface area contributed by atoms with Gasteiger partial charge in [0.1, 0.15) is 6.04 Å². The number of unbranched alkanes of at least 4 members (excludes halogenated alkanes) is 3. The number of hydrogen-bond acceptors (Lipinski definition) is 13. The molecular formula is C43H53N5O12S. The molecule has 1 aliphatic heterocycles. The number of hydrogen-bond donors (Lipinski definition) is 1. The number of nitro benzene ring substituents is 1. The minimum Gasteiger partial charge on any atom is -0.466 e. The second kappa shape index (κ2) is 24.2. The van der Waals surface area contributed by atoms with Gasteiger partial charge in [-0.25, -0.2) is 14.4 Å². The predicted molar refractivity (Wildman–Crippen MR) is 225 cm³/mol. The van der Waals surface area contributed by atoms with Crippen LogP contribution in [0.15, 0.2) is 59.6 Å². The lowest BCUT2D eigenvalue weighted by molar-refractivity contribution is -0.384. The van der Waals surface area contributed by atoms with Gasteiger partial charge in [-0.2, -0.15) is 9.89 Å². The van der Waals surface area contributed by atoms with Gasteiger partial charge in [0.15, 0.2) is 5.84 Å². The summed E-state index contributed by atoms with van der Waals surface area (Å²) in [6.45, 7) is 8.34. The second-order valence-electron chi connectivity index (χ2n) is 14.1. The minimum atomic E-state index is -1.12. The Morgan fingerprint density at radius 3 is 2.00 bits per heavy atom. The third kappa shape index (κ3) is 14.2. The first-order valence-corrected chi connectivity index (χ1v) is 21.3. The van der Waals surface area contributed by atoms with Crippen LogP contribution in [0, 0.1) is 10.1 Å². The van der Waals surface area contributed by atoms with Gasteiger partial charge in [0.2, 0.25) is 5.91 Å². The molecule has 61 heavy (non-hydrogen) atoms. The molecule has 1 aromatic heterocycles. The first-order chi connectivity index (χ1) is 29.4. The Kier molecular flexibility index (Phi) is 18.8. The molecule has 0 saturated carbocycles. The van der Waals surface area contributed by atoms with Gasteiger partial charge in [-0.3, -0.25) is 24.5 Å². The fourth-order valence-electron chi connectivity index (χ4n) is 6.10. The molecule has 0 spiro atoms. The molecule has 1 N–H and O–H groups in total. The monoisotopic (exact) mass is 863 g/mol. The number of ether oxygens (including phenoxy) is 4. The quantitative estimate of drug-likeness (QED) is 0.0235. The lowest BCUT2D eigenvalue weighted by atomic mass is 10.0. The Morgan fingerprint density at radius 1 is 0.836 bits per heavy atom. The molecule has 0 saturated heterocycles. The van der Waals surface area contributed by atoms with E-state index in [9.17, 15) is 38.9 Å².